The van der Waals surface area contributed by atoms with Crippen molar-refractivity contribution >= 4 is 29.7 Å². The maximum absolute atomic E-state index is 12.1. The van der Waals surface area contributed by atoms with E-state index in [9.17, 15) is 24.0 Å². The Labute approximate surface area is 152 Å². The van der Waals surface area contributed by atoms with Gasteiger partial charge in [-0.2, -0.15) is 5.01 Å². The molecule has 10 nitrogen and oxygen atoms in total. The van der Waals surface area contributed by atoms with Gasteiger partial charge >= 0.3 is 12.0 Å². The van der Waals surface area contributed by atoms with Crippen molar-refractivity contribution in [2.75, 3.05) is 6.61 Å². The molecule has 0 aliphatic carbocycles. The zero-order chi connectivity index (χ0) is 20.3. The van der Waals surface area contributed by atoms with Crippen molar-refractivity contribution in [1.82, 2.24) is 21.1 Å². The zero-order valence-corrected chi connectivity index (χ0v) is 15.9. The van der Waals surface area contributed by atoms with E-state index in [4.69, 9.17) is 4.74 Å². The lowest BCUT2D eigenvalue weighted by Gasteiger charge is -2.21. The summed E-state index contributed by atoms with van der Waals surface area (Å²) in [6, 6.07) is -1.71. The van der Waals surface area contributed by atoms with Crippen LogP contribution in [0.5, 0.6) is 0 Å². The van der Waals surface area contributed by atoms with Crippen LogP contribution in [-0.4, -0.2) is 52.9 Å². The second-order valence-corrected chi connectivity index (χ2v) is 7.34. The van der Waals surface area contributed by atoms with Crippen LogP contribution in [0.4, 0.5) is 4.79 Å². The normalized spacial score (nSPS) is 21.1. The van der Waals surface area contributed by atoms with Gasteiger partial charge in [-0.15, -0.1) is 0 Å². The molecule has 0 aromatic heterocycles. The number of carbonyl (C=O) groups excluding carboxylic acids is 5. The van der Waals surface area contributed by atoms with Crippen LogP contribution in [0.2, 0.25) is 0 Å². The summed E-state index contributed by atoms with van der Waals surface area (Å²) in [6.45, 7) is 9.06. The highest BCUT2D eigenvalue weighted by atomic mass is 16.5. The number of nitrogens with one attached hydrogen (secondary N) is 3. The van der Waals surface area contributed by atoms with E-state index in [2.05, 4.69) is 16.1 Å². The van der Waals surface area contributed by atoms with E-state index >= 15 is 0 Å². The second kappa shape index (κ2) is 7.71. The summed E-state index contributed by atoms with van der Waals surface area (Å²) in [5.74, 6) is -2.61. The number of carbonyl (C=O) groups is 5. The lowest BCUT2D eigenvalue weighted by Crippen LogP contribution is -2.50. The second-order valence-electron chi connectivity index (χ2n) is 7.34. The maximum Gasteiger partial charge on any atom is 0.344 e. The fraction of sp³-hybridized carbons (Fsp3) is 0.688. The van der Waals surface area contributed by atoms with Crippen LogP contribution < -0.4 is 16.1 Å². The third kappa shape index (κ3) is 4.93. The average molecular weight is 370 g/mol. The molecule has 2 atom stereocenters. The summed E-state index contributed by atoms with van der Waals surface area (Å²) in [5.41, 5.74) is 0.326. The van der Waals surface area contributed by atoms with Crippen molar-refractivity contribution < 1.29 is 28.7 Å². The van der Waals surface area contributed by atoms with E-state index in [1.54, 1.807) is 34.6 Å². The van der Waals surface area contributed by atoms with Crippen molar-refractivity contribution in [1.29, 1.82) is 0 Å². The van der Waals surface area contributed by atoms with Crippen molar-refractivity contribution in [3.63, 3.8) is 0 Å². The first-order valence-electron chi connectivity index (χ1n) is 8.25. The molecule has 0 aromatic rings. The Morgan fingerprint density at radius 3 is 2.31 bits per heavy atom. The first kappa shape index (κ1) is 21.4. The van der Waals surface area contributed by atoms with Crippen LogP contribution >= 0.6 is 0 Å². The summed E-state index contributed by atoms with van der Waals surface area (Å²) in [7, 11) is 0. The topological polar surface area (TPSA) is 134 Å². The van der Waals surface area contributed by atoms with Gasteiger partial charge in [-0.1, -0.05) is 27.7 Å². The number of imide groups is 1. The Morgan fingerprint density at radius 1 is 1.27 bits per heavy atom. The van der Waals surface area contributed by atoms with Gasteiger partial charge in [0.1, 0.15) is 11.6 Å². The van der Waals surface area contributed by atoms with Crippen molar-refractivity contribution in [2.45, 2.75) is 59.5 Å². The van der Waals surface area contributed by atoms with Gasteiger partial charge in [0.25, 0.3) is 11.8 Å². The zero-order valence-electron chi connectivity index (χ0n) is 15.9. The molecule has 1 aliphatic heterocycles. The Balaban J connectivity index is 2.52. The summed E-state index contributed by atoms with van der Waals surface area (Å²) < 4.78 is 4.80. The number of hydrogen-bond donors (Lipinski definition) is 3. The van der Waals surface area contributed by atoms with Gasteiger partial charge in [-0.05, 0) is 20.3 Å². The number of hydrogen-bond acceptors (Lipinski definition) is 6. The van der Waals surface area contributed by atoms with Crippen molar-refractivity contribution in [2.24, 2.45) is 5.41 Å². The summed E-state index contributed by atoms with van der Waals surface area (Å²) in [4.78, 5) is 59.4. The first-order chi connectivity index (χ1) is 11.8. The number of rotatable bonds is 6. The Bertz CT molecular complexity index is 627. The molecule has 10 heteroatoms. The fourth-order valence-electron chi connectivity index (χ4n) is 1.92. The van der Waals surface area contributed by atoms with Gasteiger partial charge in [0.15, 0.2) is 6.61 Å². The number of nitrogens with zero attached hydrogens (tertiary/aromatic N) is 1. The third-order valence-corrected chi connectivity index (χ3v) is 3.93. The Morgan fingerprint density at radius 2 is 1.85 bits per heavy atom. The minimum atomic E-state index is -1.09. The van der Waals surface area contributed by atoms with E-state index in [1.165, 1.54) is 6.92 Å². The molecular weight excluding hydrogens is 344 g/mol. The first-order valence-corrected chi connectivity index (χ1v) is 8.25. The minimum Gasteiger partial charge on any atom is -0.454 e. The van der Waals surface area contributed by atoms with Crippen LogP contribution in [0.1, 0.15) is 48.0 Å². The smallest absolute Gasteiger partial charge is 0.344 e. The Hall–Kier alpha value is -2.65. The molecule has 1 rings (SSSR count). The molecule has 1 heterocycles. The van der Waals surface area contributed by atoms with Crippen molar-refractivity contribution in [3.8, 4) is 0 Å². The molecule has 146 valence electrons. The van der Waals surface area contributed by atoms with E-state index in [0.717, 1.165) is 0 Å². The van der Waals surface area contributed by atoms with E-state index in [1.807, 2.05) is 0 Å². The van der Waals surface area contributed by atoms with E-state index < -0.39 is 47.4 Å². The molecule has 0 bridgehead atoms. The highest BCUT2D eigenvalue weighted by molar-refractivity contribution is 6.07. The maximum atomic E-state index is 12.1. The van der Waals surface area contributed by atoms with Crippen molar-refractivity contribution in [3.05, 3.63) is 0 Å². The fourth-order valence-corrected chi connectivity index (χ4v) is 1.92. The molecule has 0 spiro atoms. The largest absolute Gasteiger partial charge is 0.454 e. The summed E-state index contributed by atoms with van der Waals surface area (Å²) in [6.07, 6.45) is 0.351. The van der Waals surface area contributed by atoms with Crippen LogP contribution in [0.15, 0.2) is 0 Å². The number of hydrazine groups is 1. The third-order valence-electron chi connectivity index (χ3n) is 3.93. The molecule has 0 unspecified atom stereocenters. The molecule has 1 fully saturated rings. The van der Waals surface area contributed by atoms with Gasteiger partial charge in [-0.3, -0.25) is 19.8 Å². The summed E-state index contributed by atoms with van der Waals surface area (Å²) in [5, 5.41) is 5.51. The Kier molecular flexibility index (Phi) is 6.34. The highest BCUT2D eigenvalue weighted by Gasteiger charge is 2.47. The van der Waals surface area contributed by atoms with Gasteiger partial charge in [0.05, 0.1) is 0 Å². The molecule has 1 saturated heterocycles. The summed E-state index contributed by atoms with van der Waals surface area (Å²) >= 11 is 0. The monoisotopic (exact) mass is 370 g/mol. The predicted octanol–water partition coefficient (Wildman–Crippen LogP) is -0.168. The molecule has 1 aliphatic rings. The van der Waals surface area contributed by atoms with Crippen LogP contribution in [0, 0.1) is 5.41 Å². The number of urea groups is 1. The van der Waals surface area contributed by atoms with Gasteiger partial charge in [0.2, 0.25) is 5.91 Å². The quantitative estimate of drug-likeness (QED) is 0.439. The minimum absolute atomic E-state index is 0.343. The molecule has 5 amide bonds. The van der Waals surface area contributed by atoms with Gasteiger partial charge in [-0.25, -0.2) is 9.59 Å². The van der Waals surface area contributed by atoms with Crippen LogP contribution in [0.25, 0.3) is 0 Å². The number of esters is 1. The van der Waals surface area contributed by atoms with Gasteiger partial charge in [0, 0.05) is 5.41 Å². The highest BCUT2D eigenvalue weighted by Crippen LogP contribution is 2.19. The lowest BCUT2D eigenvalue weighted by atomic mass is 9.95. The van der Waals surface area contributed by atoms with E-state index in [-0.39, 0.29) is 5.91 Å². The van der Waals surface area contributed by atoms with Gasteiger partial charge < -0.3 is 15.4 Å². The van der Waals surface area contributed by atoms with E-state index in [0.29, 0.717) is 11.4 Å². The molecule has 26 heavy (non-hydrogen) atoms. The molecule has 3 N–H and O–H groups in total. The lowest BCUT2D eigenvalue weighted by molar-refractivity contribution is -0.153. The number of amides is 5. The number of ether oxygens (including phenoxy) is 1. The predicted molar refractivity (Wildman–Crippen MR) is 90.2 cm³/mol. The molecular formula is C16H26N4O6. The molecule has 0 radical (unpaired) electrons. The molecule has 0 aromatic carbocycles. The standard InChI is InChI=1S/C16H26N4O6/c1-7-16(6)13(24)20(14(25)18-16)19-10(21)8-26-11(22)9(2)17-12(23)15(3,4)5/h9H,7-8H2,1-6H3,(H,17,23)(H,18,25)(H,19,21)/t9-,16+/m0/s1. The SMILES string of the molecule is CC[C@@]1(C)NC(=O)N(NC(=O)COC(=O)[C@H](C)NC(=O)C(C)(C)C)C1=O. The average Bonchev–Trinajstić information content (AvgIpc) is 2.75. The molecule has 0 saturated carbocycles. The van der Waals surface area contributed by atoms with Crippen LogP contribution in [0.3, 0.4) is 0 Å². The van der Waals surface area contributed by atoms with Crippen LogP contribution in [-0.2, 0) is 23.9 Å².